The predicted octanol–water partition coefficient (Wildman–Crippen LogP) is 5.53. The van der Waals surface area contributed by atoms with Crippen LogP contribution in [0.25, 0.3) is 0 Å². The Labute approximate surface area is 195 Å². The zero-order valence-corrected chi connectivity index (χ0v) is 20.4. The molecule has 0 radical (unpaired) electrons. The van der Waals surface area contributed by atoms with Crippen LogP contribution < -0.4 is 0 Å². The summed E-state index contributed by atoms with van der Waals surface area (Å²) in [5.74, 6) is -0.674. The molecule has 1 aromatic rings. The molecule has 1 aliphatic heterocycles. The summed E-state index contributed by atoms with van der Waals surface area (Å²) in [5, 5.41) is 0. The number of carbonyl (C=O) groups excluding carboxylic acids is 1. The standard InChI is InChI=1S/C24H34F4N3OP/c1-30(23(32)19-13-20(24(26,27)28)15-21(25)14-19)16-17-7-10-31(11-8-17)12-9-29-22(33-2)18-5-3-4-6-18/h13-15,17-18,33H,3-12,16H2,1-2H3. The number of rotatable bonds is 8. The van der Waals surface area contributed by atoms with Crippen LogP contribution >= 0.6 is 8.58 Å². The third kappa shape index (κ3) is 7.48. The van der Waals surface area contributed by atoms with Crippen LogP contribution in [0.15, 0.2) is 23.2 Å². The number of halogens is 4. The summed E-state index contributed by atoms with van der Waals surface area (Å²) in [7, 11) is 2.35. The lowest BCUT2D eigenvalue weighted by atomic mass is 9.96. The molecule has 4 nitrogen and oxygen atoms in total. The fourth-order valence-electron chi connectivity index (χ4n) is 4.88. The first-order valence-electron chi connectivity index (χ1n) is 11.7. The van der Waals surface area contributed by atoms with E-state index in [1.54, 1.807) is 7.05 Å². The lowest BCUT2D eigenvalue weighted by molar-refractivity contribution is -0.137. The largest absolute Gasteiger partial charge is 0.416 e. The van der Waals surface area contributed by atoms with Gasteiger partial charge in [-0.1, -0.05) is 21.4 Å². The van der Waals surface area contributed by atoms with Crippen molar-refractivity contribution < 1.29 is 22.4 Å². The monoisotopic (exact) mass is 487 g/mol. The number of hydrogen-bond donors (Lipinski definition) is 0. The number of aliphatic imine (C=N–C) groups is 1. The van der Waals surface area contributed by atoms with Crippen LogP contribution in [0.3, 0.4) is 0 Å². The van der Waals surface area contributed by atoms with Crippen molar-refractivity contribution in [2.24, 2.45) is 16.8 Å². The maximum atomic E-state index is 13.7. The second-order valence-electron chi connectivity index (χ2n) is 9.20. The molecule has 3 rings (SSSR count). The van der Waals surface area contributed by atoms with Crippen molar-refractivity contribution in [3.05, 3.63) is 35.1 Å². The Kier molecular flexibility index (Phi) is 9.28. The zero-order chi connectivity index (χ0) is 24.0. The van der Waals surface area contributed by atoms with Gasteiger partial charge in [0, 0.05) is 37.1 Å². The van der Waals surface area contributed by atoms with Gasteiger partial charge < -0.3 is 9.80 Å². The number of alkyl halides is 3. The molecule has 1 aliphatic carbocycles. The van der Waals surface area contributed by atoms with Crippen molar-refractivity contribution in [2.45, 2.75) is 44.7 Å². The highest BCUT2D eigenvalue weighted by molar-refractivity contribution is 7.57. The van der Waals surface area contributed by atoms with Gasteiger partial charge in [-0.3, -0.25) is 9.79 Å². The molecule has 9 heteroatoms. The molecule has 0 N–H and O–H groups in total. The molecule has 1 unspecified atom stereocenters. The average molecular weight is 488 g/mol. The first kappa shape index (κ1) is 26.1. The van der Waals surface area contributed by atoms with Crippen LogP contribution in [-0.4, -0.2) is 67.6 Å². The summed E-state index contributed by atoms with van der Waals surface area (Å²) in [6, 6.07) is 2.00. The molecule has 1 atom stereocenters. The number of hydrogen-bond acceptors (Lipinski definition) is 3. The molecule has 33 heavy (non-hydrogen) atoms. The molecule has 1 saturated carbocycles. The summed E-state index contributed by atoms with van der Waals surface area (Å²) in [5.41, 5.74) is -0.0155. The number of piperidine rings is 1. The fourth-order valence-corrected chi connectivity index (χ4v) is 5.85. The molecular formula is C24H34F4N3OP. The molecule has 0 aromatic heterocycles. The molecule has 0 bridgehead atoms. The summed E-state index contributed by atoms with van der Waals surface area (Å²) >= 11 is 0. The zero-order valence-electron chi connectivity index (χ0n) is 19.4. The second kappa shape index (κ2) is 11.7. The Hall–Kier alpha value is -1.53. The Morgan fingerprint density at radius 2 is 1.82 bits per heavy atom. The van der Waals surface area contributed by atoms with Crippen LogP contribution in [-0.2, 0) is 6.18 Å². The maximum absolute atomic E-state index is 13.7. The van der Waals surface area contributed by atoms with Crippen molar-refractivity contribution in [1.29, 1.82) is 0 Å². The Morgan fingerprint density at radius 3 is 2.42 bits per heavy atom. The van der Waals surface area contributed by atoms with Crippen LogP contribution in [0, 0.1) is 17.7 Å². The van der Waals surface area contributed by atoms with Crippen molar-refractivity contribution >= 4 is 19.9 Å². The molecule has 1 saturated heterocycles. The smallest absolute Gasteiger partial charge is 0.341 e. The van der Waals surface area contributed by atoms with Gasteiger partial charge in [-0.2, -0.15) is 13.2 Å². The van der Waals surface area contributed by atoms with E-state index in [0.29, 0.717) is 18.5 Å². The molecule has 2 fully saturated rings. The van der Waals surface area contributed by atoms with E-state index >= 15 is 0 Å². The molecule has 0 spiro atoms. The van der Waals surface area contributed by atoms with Crippen LogP contribution in [0.2, 0.25) is 0 Å². The maximum Gasteiger partial charge on any atom is 0.416 e. The molecule has 1 aromatic carbocycles. The Morgan fingerprint density at radius 1 is 1.15 bits per heavy atom. The number of likely N-dealkylation sites (tertiary alicyclic amines) is 1. The van der Waals surface area contributed by atoms with E-state index in [1.807, 2.05) is 0 Å². The van der Waals surface area contributed by atoms with Crippen LogP contribution in [0.5, 0.6) is 0 Å². The van der Waals surface area contributed by atoms with E-state index in [0.717, 1.165) is 59.7 Å². The average Bonchev–Trinajstić information content (AvgIpc) is 3.31. The van der Waals surface area contributed by atoms with Crippen LogP contribution in [0.4, 0.5) is 17.6 Å². The van der Waals surface area contributed by atoms with Gasteiger partial charge in [-0.15, -0.1) is 0 Å². The molecule has 1 amide bonds. The van der Waals surface area contributed by atoms with Gasteiger partial charge in [0.25, 0.3) is 5.91 Å². The van der Waals surface area contributed by atoms with Crippen LogP contribution in [0.1, 0.15) is 54.4 Å². The van der Waals surface area contributed by atoms with Gasteiger partial charge in [-0.05, 0) is 69.6 Å². The van der Waals surface area contributed by atoms with Crippen molar-refractivity contribution in [1.82, 2.24) is 9.80 Å². The summed E-state index contributed by atoms with van der Waals surface area (Å²) in [4.78, 5) is 21.3. The van der Waals surface area contributed by atoms with E-state index < -0.39 is 23.5 Å². The van der Waals surface area contributed by atoms with Crippen molar-refractivity contribution in [2.75, 3.05) is 46.4 Å². The normalized spacial score (nSPS) is 19.6. The predicted molar refractivity (Wildman–Crippen MR) is 126 cm³/mol. The summed E-state index contributed by atoms with van der Waals surface area (Å²) < 4.78 is 52.5. The van der Waals surface area contributed by atoms with E-state index in [2.05, 4.69) is 11.6 Å². The minimum atomic E-state index is -4.69. The first-order chi connectivity index (χ1) is 15.7. The second-order valence-corrected chi connectivity index (χ2v) is 10.2. The topological polar surface area (TPSA) is 35.9 Å². The highest BCUT2D eigenvalue weighted by atomic mass is 31.1. The lowest BCUT2D eigenvalue weighted by Gasteiger charge is -2.33. The van der Waals surface area contributed by atoms with Gasteiger partial charge in [0.15, 0.2) is 0 Å². The van der Waals surface area contributed by atoms with Gasteiger partial charge >= 0.3 is 6.18 Å². The lowest BCUT2D eigenvalue weighted by Crippen LogP contribution is -2.40. The summed E-state index contributed by atoms with van der Waals surface area (Å²) in [6.07, 6.45) is 2.35. The molecule has 184 valence electrons. The molecule has 1 heterocycles. The van der Waals surface area contributed by atoms with E-state index in [-0.39, 0.29) is 11.5 Å². The Bertz CT molecular complexity index is 831. The van der Waals surface area contributed by atoms with Gasteiger partial charge in [0.2, 0.25) is 0 Å². The highest BCUT2D eigenvalue weighted by Gasteiger charge is 2.32. The number of carbonyl (C=O) groups is 1. The van der Waals surface area contributed by atoms with E-state index in [1.165, 1.54) is 36.0 Å². The number of amides is 1. The third-order valence-corrected chi connectivity index (χ3v) is 7.83. The summed E-state index contributed by atoms with van der Waals surface area (Å²) in [6.45, 7) is 6.28. The van der Waals surface area contributed by atoms with Gasteiger partial charge in [0.05, 0.1) is 12.1 Å². The van der Waals surface area contributed by atoms with Gasteiger partial charge in [0.1, 0.15) is 5.82 Å². The van der Waals surface area contributed by atoms with Crippen molar-refractivity contribution in [3.63, 3.8) is 0 Å². The number of nitrogens with zero attached hydrogens (tertiary/aromatic N) is 3. The number of benzene rings is 1. The SMILES string of the molecule is CPC(=NCCN1CCC(CN(C)C(=O)c2cc(F)cc(C(F)(F)F)c2)CC1)C1CCCC1. The quantitative estimate of drug-likeness (QED) is 0.275. The van der Waals surface area contributed by atoms with Gasteiger partial charge in [-0.25, -0.2) is 4.39 Å². The van der Waals surface area contributed by atoms with E-state index in [4.69, 9.17) is 4.99 Å². The molecular weight excluding hydrogens is 453 g/mol. The molecule has 2 aliphatic rings. The van der Waals surface area contributed by atoms with Crippen molar-refractivity contribution in [3.8, 4) is 0 Å². The third-order valence-electron chi connectivity index (χ3n) is 6.75. The minimum Gasteiger partial charge on any atom is -0.341 e. The first-order valence-corrected chi connectivity index (χ1v) is 13.2. The Balaban J connectivity index is 1.46. The highest BCUT2D eigenvalue weighted by Crippen LogP contribution is 2.32. The fraction of sp³-hybridized carbons (Fsp3) is 0.667. The van der Waals surface area contributed by atoms with E-state index in [9.17, 15) is 22.4 Å². The minimum absolute atomic E-state index is 0.269.